The van der Waals surface area contributed by atoms with Crippen LogP contribution in [0.1, 0.15) is 50.5 Å². The Labute approximate surface area is 183 Å². The van der Waals surface area contributed by atoms with E-state index in [4.69, 9.17) is 4.52 Å². The molecule has 1 aromatic heterocycles. The molecule has 0 saturated carbocycles. The number of aromatic nitrogens is 2. The predicted molar refractivity (Wildman–Crippen MR) is 116 cm³/mol. The molecule has 0 N–H and O–H groups in total. The summed E-state index contributed by atoms with van der Waals surface area (Å²) in [6, 6.07) is 5.21. The Kier molecular flexibility index (Phi) is 6.43. The Morgan fingerprint density at radius 3 is 2.48 bits per heavy atom. The number of benzene rings is 1. The van der Waals surface area contributed by atoms with E-state index in [0.29, 0.717) is 55.2 Å². The number of carbonyl (C=O) groups excluding carboxylic acids is 1. The maximum Gasteiger partial charge on any atom is 0.243 e. The number of likely N-dealkylation sites (tertiary alicyclic amines) is 1. The van der Waals surface area contributed by atoms with Crippen LogP contribution in [-0.4, -0.2) is 59.8 Å². The minimum absolute atomic E-state index is 0.0798. The van der Waals surface area contributed by atoms with Crippen molar-refractivity contribution >= 4 is 15.9 Å². The summed E-state index contributed by atoms with van der Waals surface area (Å²) in [4.78, 5) is 19.3. The number of aryl methyl sites for hydroxylation is 2. The van der Waals surface area contributed by atoms with Gasteiger partial charge in [0.1, 0.15) is 0 Å². The Morgan fingerprint density at radius 1 is 1.13 bits per heavy atom. The van der Waals surface area contributed by atoms with E-state index in [1.54, 1.807) is 19.1 Å². The number of carbonyl (C=O) groups is 1. The molecule has 0 aliphatic carbocycles. The fourth-order valence-electron chi connectivity index (χ4n) is 4.39. The SMILES string of the molecule is CCc1nc(-c2ccc(C)c(S(=O)(=O)N3CCC(C(=O)N4CCCCC4)CC3)c2)no1. The highest BCUT2D eigenvalue weighted by Crippen LogP contribution is 2.30. The molecule has 2 saturated heterocycles. The quantitative estimate of drug-likeness (QED) is 0.700. The fraction of sp³-hybridized carbons (Fsp3) is 0.591. The zero-order chi connectivity index (χ0) is 22.0. The van der Waals surface area contributed by atoms with Crippen LogP contribution in [0.3, 0.4) is 0 Å². The second kappa shape index (κ2) is 9.08. The van der Waals surface area contributed by atoms with Crippen LogP contribution in [-0.2, 0) is 21.2 Å². The summed E-state index contributed by atoms with van der Waals surface area (Å²) < 4.78 is 33.5. The topological polar surface area (TPSA) is 96.6 Å². The molecule has 2 aliphatic rings. The molecule has 168 valence electrons. The number of amides is 1. The molecule has 4 rings (SSSR count). The summed E-state index contributed by atoms with van der Waals surface area (Å²) in [7, 11) is -3.67. The Morgan fingerprint density at radius 2 is 1.84 bits per heavy atom. The van der Waals surface area contributed by atoms with Gasteiger partial charge < -0.3 is 9.42 Å². The predicted octanol–water partition coefficient (Wildman–Crippen LogP) is 3.02. The van der Waals surface area contributed by atoms with Crippen LogP contribution in [0.2, 0.25) is 0 Å². The lowest BCUT2D eigenvalue weighted by Crippen LogP contribution is -2.45. The average molecular weight is 447 g/mol. The van der Waals surface area contributed by atoms with Gasteiger partial charge in [0, 0.05) is 44.1 Å². The molecular weight excluding hydrogens is 416 g/mol. The molecule has 0 unspecified atom stereocenters. The van der Waals surface area contributed by atoms with Crippen LogP contribution in [0.15, 0.2) is 27.6 Å². The van der Waals surface area contributed by atoms with E-state index in [2.05, 4.69) is 10.1 Å². The number of piperidine rings is 2. The zero-order valence-corrected chi connectivity index (χ0v) is 19.0. The molecule has 9 heteroatoms. The molecule has 3 heterocycles. The van der Waals surface area contributed by atoms with Gasteiger partial charge >= 0.3 is 0 Å². The molecule has 0 radical (unpaired) electrons. The molecule has 0 bridgehead atoms. The Bertz CT molecular complexity index is 1040. The first-order valence-electron chi connectivity index (χ1n) is 11.1. The molecule has 2 fully saturated rings. The monoisotopic (exact) mass is 446 g/mol. The third kappa shape index (κ3) is 4.52. The van der Waals surface area contributed by atoms with Crippen LogP contribution in [0.5, 0.6) is 0 Å². The van der Waals surface area contributed by atoms with Gasteiger partial charge in [0.2, 0.25) is 27.6 Å². The number of hydrogen-bond acceptors (Lipinski definition) is 6. The maximum atomic E-state index is 13.4. The Balaban J connectivity index is 1.49. The van der Waals surface area contributed by atoms with Gasteiger partial charge in [-0.1, -0.05) is 24.2 Å². The van der Waals surface area contributed by atoms with Crippen LogP contribution in [0, 0.1) is 12.8 Å². The fourth-order valence-corrected chi connectivity index (χ4v) is 6.11. The summed E-state index contributed by atoms with van der Waals surface area (Å²) >= 11 is 0. The molecule has 2 aromatic rings. The molecule has 31 heavy (non-hydrogen) atoms. The lowest BCUT2D eigenvalue weighted by Gasteiger charge is -2.35. The largest absolute Gasteiger partial charge is 0.342 e. The minimum Gasteiger partial charge on any atom is -0.342 e. The third-order valence-electron chi connectivity index (χ3n) is 6.31. The van der Waals surface area contributed by atoms with Crippen LogP contribution in [0.4, 0.5) is 0 Å². The van der Waals surface area contributed by atoms with Gasteiger partial charge in [-0.3, -0.25) is 4.79 Å². The van der Waals surface area contributed by atoms with Gasteiger partial charge in [0.15, 0.2) is 0 Å². The van der Waals surface area contributed by atoms with E-state index in [1.807, 2.05) is 17.9 Å². The van der Waals surface area contributed by atoms with Crippen molar-refractivity contribution in [1.29, 1.82) is 0 Å². The summed E-state index contributed by atoms with van der Waals surface area (Å²) in [5.74, 6) is 1.02. The molecule has 2 aliphatic heterocycles. The molecular formula is C22H30N4O4S. The third-order valence-corrected chi connectivity index (χ3v) is 8.35. The first-order chi connectivity index (χ1) is 14.9. The van der Waals surface area contributed by atoms with Crippen molar-refractivity contribution in [3.05, 3.63) is 29.7 Å². The van der Waals surface area contributed by atoms with Gasteiger partial charge in [-0.15, -0.1) is 0 Å². The van der Waals surface area contributed by atoms with Gasteiger partial charge in [0.25, 0.3) is 0 Å². The van der Waals surface area contributed by atoms with Gasteiger partial charge in [-0.05, 0) is 50.7 Å². The molecule has 1 amide bonds. The summed E-state index contributed by atoms with van der Waals surface area (Å²) in [5, 5.41) is 3.96. The van der Waals surface area contributed by atoms with Crippen molar-refractivity contribution in [2.24, 2.45) is 5.92 Å². The van der Waals surface area contributed by atoms with E-state index < -0.39 is 10.0 Å². The number of nitrogens with zero attached hydrogens (tertiary/aromatic N) is 4. The molecule has 1 aromatic carbocycles. The van der Waals surface area contributed by atoms with E-state index in [-0.39, 0.29) is 16.7 Å². The lowest BCUT2D eigenvalue weighted by atomic mass is 9.95. The van der Waals surface area contributed by atoms with Crippen molar-refractivity contribution in [2.45, 2.75) is 57.3 Å². The lowest BCUT2D eigenvalue weighted by molar-refractivity contribution is -0.137. The first-order valence-corrected chi connectivity index (χ1v) is 12.6. The summed E-state index contributed by atoms with van der Waals surface area (Å²) in [6.45, 7) is 6.09. The van der Waals surface area contributed by atoms with Crippen LogP contribution in [0.25, 0.3) is 11.4 Å². The molecule has 0 atom stereocenters. The maximum absolute atomic E-state index is 13.4. The van der Waals surface area contributed by atoms with Gasteiger partial charge in [-0.25, -0.2) is 8.42 Å². The number of rotatable bonds is 5. The van der Waals surface area contributed by atoms with Crippen LogP contribution < -0.4 is 0 Å². The highest BCUT2D eigenvalue weighted by atomic mass is 32.2. The summed E-state index contributed by atoms with van der Waals surface area (Å²) in [6.07, 6.45) is 5.07. The second-order valence-corrected chi connectivity index (χ2v) is 10.3. The second-order valence-electron chi connectivity index (χ2n) is 8.41. The highest BCUT2D eigenvalue weighted by Gasteiger charge is 2.34. The minimum atomic E-state index is -3.67. The van der Waals surface area contributed by atoms with E-state index in [1.165, 1.54) is 10.7 Å². The molecule has 0 spiro atoms. The average Bonchev–Trinajstić information content (AvgIpc) is 3.29. The van der Waals surface area contributed by atoms with Crippen molar-refractivity contribution in [3.63, 3.8) is 0 Å². The normalized spacial score (nSPS) is 19.0. The van der Waals surface area contributed by atoms with Crippen molar-refractivity contribution in [2.75, 3.05) is 26.2 Å². The highest BCUT2D eigenvalue weighted by molar-refractivity contribution is 7.89. The number of sulfonamides is 1. The van der Waals surface area contributed by atoms with E-state index in [9.17, 15) is 13.2 Å². The first kappa shape index (κ1) is 22.0. The van der Waals surface area contributed by atoms with Gasteiger partial charge in [0.05, 0.1) is 4.90 Å². The standard InChI is InChI=1S/C22H30N4O4S/c1-3-20-23-21(24-30-20)18-8-7-16(2)19(15-18)31(28,29)26-13-9-17(10-14-26)22(27)25-11-5-4-6-12-25/h7-8,15,17H,3-6,9-14H2,1-2H3. The van der Waals surface area contributed by atoms with Crippen molar-refractivity contribution < 1.29 is 17.7 Å². The van der Waals surface area contributed by atoms with Crippen molar-refractivity contribution in [1.82, 2.24) is 19.3 Å². The smallest absolute Gasteiger partial charge is 0.243 e. The number of hydrogen-bond donors (Lipinski definition) is 0. The van der Waals surface area contributed by atoms with E-state index >= 15 is 0 Å². The van der Waals surface area contributed by atoms with Crippen LogP contribution >= 0.6 is 0 Å². The zero-order valence-electron chi connectivity index (χ0n) is 18.2. The summed E-state index contributed by atoms with van der Waals surface area (Å²) in [5.41, 5.74) is 1.29. The molecule has 8 nitrogen and oxygen atoms in total. The van der Waals surface area contributed by atoms with E-state index in [0.717, 1.165) is 25.9 Å². The Hall–Kier alpha value is -2.26. The van der Waals surface area contributed by atoms with Gasteiger partial charge in [-0.2, -0.15) is 9.29 Å². The van der Waals surface area contributed by atoms with Crippen molar-refractivity contribution in [3.8, 4) is 11.4 Å².